The van der Waals surface area contributed by atoms with Crippen molar-refractivity contribution in [2.24, 2.45) is 0 Å². The summed E-state index contributed by atoms with van der Waals surface area (Å²) in [4.78, 5) is 14.6. The standard InChI is InChI=1S/C14H18BrNO/c1-10-6-5-7-11(2)16(10)14(17)12-8-3-4-9-13(12)15/h3-4,8-11H,5-7H2,1-2H3. The van der Waals surface area contributed by atoms with Crippen LogP contribution in [0.15, 0.2) is 28.7 Å². The molecule has 1 aliphatic rings. The van der Waals surface area contributed by atoms with Crippen molar-refractivity contribution in [2.75, 3.05) is 0 Å². The van der Waals surface area contributed by atoms with Gasteiger partial charge in [0, 0.05) is 16.6 Å². The Hall–Kier alpha value is -0.830. The molecule has 0 bridgehead atoms. The lowest BCUT2D eigenvalue weighted by molar-refractivity contribution is 0.0510. The number of nitrogens with zero attached hydrogens (tertiary/aromatic N) is 1. The highest BCUT2D eigenvalue weighted by Gasteiger charge is 2.30. The van der Waals surface area contributed by atoms with E-state index in [1.54, 1.807) is 0 Å². The molecule has 0 aliphatic carbocycles. The first-order valence-electron chi connectivity index (χ1n) is 6.18. The third-order valence-electron chi connectivity index (χ3n) is 3.53. The second kappa shape index (κ2) is 5.21. The van der Waals surface area contributed by atoms with Crippen molar-refractivity contribution in [2.45, 2.75) is 45.2 Å². The van der Waals surface area contributed by atoms with E-state index in [2.05, 4.69) is 29.8 Å². The fourth-order valence-corrected chi connectivity index (χ4v) is 3.05. The number of benzene rings is 1. The van der Waals surface area contributed by atoms with Crippen molar-refractivity contribution < 1.29 is 4.79 Å². The zero-order valence-electron chi connectivity index (χ0n) is 10.3. The van der Waals surface area contributed by atoms with Crippen LogP contribution in [0.5, 0.6) is 0 Å². The van der Waals surface area contributed by atoms with Crippen molar-refractivity contribution >= 4 is 21.8 Å². The highest BCUT2D eigenvalue weighted by atomic mass is 79.9. The monoisotopic (exact) mass is 295 g/mol. The molecule has 2 rings (SSSR count). The molecule has 1 fully saturated rings. The number of carbonyl (C=O) groups is 1. The minimum absolute atomic E-state index is 0.150. The predicted molar refractivity (Wildman–Crippen MR) is 73.1 cm³/mol. The average Bonchev–Trinajstić information content (AvgIpc) is 2.29. The summed E-state index contributed by atoms with van der Waals surface area (Å²) in [6.07, 6.45) is 3.45. The minimum Gasteiger partial charge on any atom is -0.333 e. The van der Waals surface area contributed by atoms with Gasteiger partial charge < -0.3 is 4.90 Å². The van der Waals surface area contributed by atoms with E-state index >= 15 is 0 Å². The summed E-state index contributed by atoms with van der Waals surface area (Å²) in [6.45, 7) is 4.29. The van der Waals surface area contributed by atoms with Crippen molar-refractivity contribution in [3.63, 3.8) is 0 Å². The molecule has 0 saturated carbocycles. The van der Waals surface area contributed by atoms with Gasteiger partial charge in [0.05, 0.1) is 5.56 Å². The largest absolute Gasteiger partial charge is 0.333 e. The van der Waals surface area contributed by atoms with Crippen molar-refractivity contribution in [1.82, 2.24) is 4.90 Å². The topological polar surface area (TPSA) is 20.3 Å². The molecule has 0 N–H and O–H groups in total. The van der Waals surface area contributed by atoms with E-state index in [0.717, 1.165) is 22.9 Å². The quantitative estimate of drug-likeness (QED) is 0.771. The molecule has 2 nitrogen and oxygen atoms in total. The Morgan fingerprint density at radius 1 is 1.24 bits per heavy atom. The maximum atomic E-state index is 12.5. The fourth-order valence-electron chi connectivity index (χ4n) is 2.60. The van der Waals surface area contributed by atoms with Gasteiger partial charge in [0.2, 0.25) is 0 Å². The molecule has 17 heavy (non-hydrogen) atoms. The maximum absolute atomic E-state index is 12.5. The summed E-state index contributed by atoms with van der Waals surface area (Å²) < 4.78 is 0.884. The van der Waals surface area contributed by atoms with Gasteiger partial charge in [0.25, 0.3) is 5.91 Å². The summed E-state index contributed by atoms with van der Waals surface area (Å²) in [5.41, 5.74) is 0.771. The summed E-state index contributed by atoms with van der Waals surface area (Å²) >= 11 is 3.46. The van der Waals surface area contributed by atoms with Gasteiger partial charge in [-0.2, -0.15) is 0 Å². The third kappa shape index (κ3) is 2.54. The number of hydrogen-bond donors (Lipinski definition) is 0. The Morgan fingerprint density at radius 3 is 2.41 bits per heavy atom. The molecule has 1 amide bonds. The van der Waals surface area contributed by atoms with Gasteiger partial charge in [-0.05, 0) is 61.2 Å². The highest BCUT2D eigenvalue weighted by Crippen LogP contribution is 2.26. The van der Waals surface area contributed by atoms with Gasteiger partial charge in [-0.3, -0.25) is 4.79 Å². The number of piperidine rings is 1. The predicted octanol–water partition coefficient (Wildman–Crippen LogP) is 3.85. The molecular formula is C14H18BrNO. The van der Waals surface area contributed by atoms with E-state index in [-0.39, 0.29) is 5.91 Å². The highest BCUT2D eigenvalue weighted by molar-refractivity contribution is 9.10. The van der Waals surface area contributed by atoms with Crippen LogP contribution in [0.25, 0.3) is 0 Å². The SMILES string of the molecule is CC1CCCC(C)N1C(=O)c1ccccc1Br. The summed E-state index contributed by atoms with van der Waals surface area (Å²) in [5.74, 6) is 0.150. The first-order chi connectivity index (χ1) is 8.11. The van der Waals surface area contributed by atoms with Gasteiger partial charge in [-0.1, -0.05) is 12.1 Å². The fraction of sp³-hybridized carbons (Fsp3) is 0.500. The lowest BCUT2D eigenvalue weighted by atomic mass is 9.96. The van der Waals surface area contributed by atoms with E-state index < -0.39 is 0 Å². The number of hydrogen-bond acceptors (Lipinski definition) is 1. The maximum Gasteiger partial charge on any atom is 0.255 e. The van der Waals surface area contributed by atoms with Crippen LogP contribution >= 0.6 is 15.9 Å². The molecule has 1 heterocycles. The molecule has 0 spiro atoms. The Bertz CT molecular complexity index is 408. The summed E-state index contributed by atoms with van der Waals surface area (Å²) in [6, 6.07) is 8.35. The van der Waals surface area contributed by atoms with Crippen LogP contribution in [-0.2, 0) is 0 Å². The van der Waals surface area contributed by atoms with Crippen LogP contribution in [0.1, 0.15) is 43.5 Å². The summed E-state index contributed by atoms with van der Waals surface area (Å²) in [7, 11) is 0. The average molecular weight is 296 g/mol. The lowest BCUT2D eigenvalue weighted by Crippen LogP contribution is -2.47. The van der Waals surface area contributed by atoms with E-state index in [1.165, 1.54) is 6.42 Å². The van der Waals surface area contributed by atoms with Crippen LogP contribution in [0.2, 0.25) is 0 Å². The van der Waals surface area contributed by atoms with Crippen molar-refractivity contribution in [1.29, 1.82) is 0 Å². The van der Waals surface area contributed by atoms with Crippen LogP contribution in [0.4, 0.5) is 0 Å². The van der Waals surface area contributed by atoms with E-state index in [0.29, 0.717) is 12.1 Å². The molecule has 1 aliphatic heterocycles. The first kappa shape index (κ1) is 12.6. The molecule has 3 heteroatoms. The van der Waals surface area contributed by atoms with Gasteiger partial charge in [-0.25, -0.2) is 0 Å². The molecule has 0 aromatic heterocycles. The molecule has 2 atom stereocenters. The van der Waals surface area contributed by atoms with E-state index in [9.17, 15) is 4.79 Å². The Balaban J connectivity index is 2.27. The molecule has 2 unspecified atom stereocenters. The molecule has 92 valence electrons. The minimum atomic E-state index is 0.150. The van der Waals surface area contributed by atoms with Crippen LogP contribution in [0.3, 0.4) is 0 Å². The molecule has 1 aromatic carbocycles. The number of amides is 1. The molecule has 1 aromatic rings. The second-order valence-electron chi connectivity index (χ2n) is 4.82. The van der Waals surface area contributed by atoms with E-state index in [4.69, 9.17) is 0 Å². The number of rotatable bonds is 1. The Morgan fingerprint density at radius 2 is 1.82 bits per heavy atom. The van der Waals surface area contributed by atoms with Crippen LogP contribution in [0, 0.1) is 0 Å². The number of carbonyl (C=O) groups excluding carboxylic acids is 1. The normalized spacial score (nSPS) is 24.8. The van der Waals surface area contributed by atoms with Crippen LogP contribution in [-0.4, -0.2) is 22.9 Å². The first-order valence-corrected chi connectivity index (χ1v) is 6.97. The second-order valence-corrected chi connectivity index (χ2v) is 5.68. The molecule has 1 saturated heterocycles. The zero-order chi connectivity index (χ0) is 12.4. The zero-order valence-corrected chi connectivity index (χ0v) is 11.9. The molecular weight excluding hydrogens is 278 g/mol. The van der Waals surface area contributed by atoms with Gasteiger partial charge in [-0.15, -0.1) is 0 Å². The Labute approximate surface area is 111 Å². The van der Waals surface area contributed by atoms with Gasteiger partial charge >= 0.3 is 0 Å². The molecule has 0 radical (unpaired) electrons. The van der Waals surface area contributed by atoms with Crippen LogP contribution < -0.4 is 0 Å². The smallest absolute Gasteiger partial charge is 0.255 e. The van der Waals surface area contributed by atoms with Crippen molar-refractivity contribution in [3.05, 3.63) is 34.3 Å². The third-order valence-corrected chi connectivity index (χ3v) is 4.22. The number of likely N-dealkylation sites (tertiary alicyclic amines) is 1. The Kier molecular flexibility index (Phi) is 3.87. The number of halogens is 1. The lowest BCUT2D eigenvalue weighted by Gasteiger charge is -2.39. The van der Waals surface area contributed by atoms with E-state index in [1.807, 2.05) is 29.2 Å². The van der Waals surface area contributed by atoms with Gasteiger partial charge in [0.15, 0.2) is 0 Å². The van der Waals surface area contributed by atoms with Crippen molar-refractivity contribution in [3.8, 4) is 0 Å². The summed E-state index contributed by atoms with van der Waals surface area (Å²) in [5, 5.41) is 0. The van der Waals surface area contributed by atoms with Gasteiger partial charge in [0.1, 0.15) is 0 Å².